The Hall–Kier alpha value is -1.30. The summed E-state index contributed by atoms with van der Waals surface area (Å²) in [6.07, 6.45) is 6.01. The van der Waals surface area contributed by atoms with Crippen LogP contribution in [0.15, 0.2) is 30.3 Å². The van der Waals surface area contributed by atoms with E-state index in [-0.39, 0.29) is 6.04 Å². The summed E-state index contributed by atoms with van der Waals surface area (Å²) in [4.78, 5) is 0. The summed E-state index contributed by atoms with van der Waals surface area (Å²) in [7, 11) is 0. The third kappa shape index (κ3) is 2.39. The lowest BCUT2D eigenvalue weighted by Crippen LogP contribution is -2.35. The van der Waals surface area contributed by atoms with Crippen LogP contribution >= 0.6 is 0 Å². The fourth-order valence-electron chi connectivity index (χ4n) is 1.02. The number of nitrogens with one attached hydrogen (secondary N) is 1. The lowest BCUT2D eigenvalue weighted by Gasteiger charge is -2.07. The minimum Gasteiger partial charge on any atom is -0.270 e. The van der Waals surface area contributed by atoms with Gasteiger partial charge < -0.3 is 0 Å². The topological polar surface area (TPSA) is 38.0 Å². The molecule has 1 aromatic carbocycles. The molecule has 0 aliphatic heterocycles. The molecule has 1 atom stereocenters. The second-order valence-electron chi connectivity index (χ2n) is 2.58. The van der Waals surface area contributed by atoms with E-state index in [1.165, 1.54) is 5.56 Å². The molecule has 0 aromatic heterocycles. The molecule has 1 rings (SSSR count). The Labute approximate surface area is 72.8 Å². The number of rotatable bonds is 3. The van der Waals surface area contributed by atoms with Gasteiger partial charge in [-0.3, -0.25) is 5.84 Å². The van der Waals surface area contributed by atoms with Crippen molar-refractivity contribution in [1.82, 2.24) is 5.43 Å². The zero-order chi connectivity index (χ0) is 8.81. The highest BCUT2D eigenvalue weighted by Crippen LogP contribution is 2.01. The number of hydrogen-bond donors (Lipinski definition) is 2. The fourth-order valence-corrected chi connectivity index (χ4v) is 1.02. The van der Waals surface area contributed by atoms with Gasteiger partial charge in [-0.05, 0) is 5.56 Å². The Bertz CT molecular complexity index is 261. The van der Waals surface area contributed by atoms with Crippen molar-refractivity contribution >= 4 is 0 Å². The SMILES string of the molecule is C#CC(Cc1ccccc1)NN. The molecule has 1 unspecified atom stereocenters. The predicted octanol–water partition coefficient (Wildman–Crippen LogP) is 0.694. The van der Waals surface area contributed by atoms with E-state index in [0.29, 0.717) is 0 Å². The van der Waals surface area contributed by atoms with Gasteiger partial charge in [0, 0.05) is 6.42 Å². The van der Waals surface area contributed by atoms with E-state index in [1.54, 1.807) is 0 Å². The first-order valence-electron chi connectivity index (χ1n) is 3.83. The van der Waals surface area contributed by atoms with Crippen molar-refractivity contribution in [3.63, 3.8) is 0 Å². The standard InChI is InChI=1S/C10H12N2/c1-2-10(12-11)8-9-6-4-3-5-7-9/h1,3-7,10,12H,8,11H2. The molecule has 62 valence electrons. The summed E-state index contributed by atoms with van der Waals surface area (Å²) < 4.78 is 0. The van der Waals surface area contributed by atoms with Gasteiger partial charge >= 0.3 is 0 Å². The van der Waals surface area contributed by atoms with Crippen LogP contribution in [-0.4, -0.2) is 6.04 Å². The molecule has 0 saturated heterocycles. The lowest BCUT2D eigenvalue weighted by molar-refractivity contribution is 0.634. The molecule has 3 N–H and O–H groups in total. The Morgan fingerprint density at radius 2 is 2.08 bits per heavy atom. The van der Waals surface area contributed by atoms with Gasteiger partial charge in [0.2, 0.25) is 0 Å². The van der Waals surface area contributed by atoms with Crippen LogP contribution in [0.25, 0.3) is 0 Å². The maximum atomic E-state index is 5.24. The van der Waals surface area contributed by atoms with Crippen LogP contribution in [-0.2, 0) is 6.42 Å². The molecule has 0 radical (unpaired) electrons. The van der Waals surface area contributed by atoms with Crippen molar-refractivity contribution in [3.05, 3.63) is 35.9 Å². The first kappa shape index (κ1) is 8.79. The van der Waals surface area contributed by atoms with Crippen molar-refractivity contribution < 1.29 is 0 Å². The molecule has 12 heavy (non-hydrogen) atoms. The highest BCUT2D eigenvalue weighted by molar-refractivity contribution is 5.18. The molecule has 1 aromatic rings. The van der Waals surface area contributed by atoms with E-state index < -0.39 is 0 Å². The van der Waals surface area contributed by atoms with Gasteiger partial charge in [0.15, 0.2) is 0 Å². The molecular weight excluding hydrogens is 148 g/mol. The van der Waals surface area contributed by atoms with Crippen LogP contribution in [0.2, 0.25) is 0 Å². The van der Waals surface area contributed by atoms with Crippen LogP contribution in [0.3, 0.4) is 0 Å². The van der Waals surface area contributed by atoms with E-state index in [0.717, 1.165) is 6.42 Å². The number of hydrogen-bond acceptors (Lipinski definition) is 2. The molecule has 2 heteroatoms. The maximum Gasteiger partial charge on any atom is 0.0855 e. The van der Waals surface area contributed by atoms with Crippen LogP contribution in [0.5, 0.6) is 0 Å². The molecule has 0 saturated carbocycles. The second kappa shape index (κ2) is 4.55. The number of nitrogens with two attached hydrogens (primary N) is 1. The molecule has 0 heterocycles. The summed E-state index contributed by atoms with van der Waals surface area (Å²) in [6.45, 7) is 0. The zero-order valence-electron chi connectivity index (χ0n) is 6.83. The first-order valence-corrected chi connectivity index (χ1v) is 3.83. The molecule has 0 aliphatic rings. The van der Waals surface area contributed by atoms with Crippen LogP contribution in [0, 0.1) is 12.3 Å². The van der Waals surface area contributed by atoms with Crippen molar-refractivity contribution in [2.24, 2.45) is 5.84 Å². The summed E-state index contributed by atoms with van der Waals surface area (Å²) >= 11 is 0. The molecule has 0 amide bonds. The van der Waals surface area contributed by atoms with Crippen molar-refractivity contribution in [1.29, 1.82) is 0 Å². The van der Waals surface area contributed by atoms with E-state index >= 15 is 0 Å². The average Bonchev–Trinajstić information content (AvgIpc) is 2.16. The van der Waals surface area contributed by atoms with Crippen LogP contribution in [0.4, 0.5) is 0 Å². The Kier molecular flexibility index (Phi) is 3.34. The van der Waals surface area contributed by atoms with Gasteiger partial charge in [0.05, 0.1) is 6.04 Å². The highest BCUT2D eigenvalue weighted by atomic mass is 15.2. The molecular formula is C10H12N2. The Morgan fingerprint density at radius 1 is 1.42 bits per heavy atom. The number of terminal acetylenes is 1. The van der Waals surface area contributed by atoms with E-state index in [4.69, 9.17) is 12.3 Å². The molecule has 0 bridgehead atoms. The molecule has 2 nitrogen and oxygen atoms in total. The first-order chi connectivity index (χ1) is 5.86. The maximum absolute atomic E-state index is 5.24. The van der Waals surface area contributed by atoms with Crippen molar-refractivity contribution in [2.45, 2.75) is 12.5 Å². The van der Waals surface area contributed by atoms with Gasteiger partial charge in [-0.15, -0.1) is 6.42 Å². The molecule has 0 aliphatic carbocycles. The van der Waals surface area contributed by atoms with E-state index in [2.05, 4.69) is 11.3 Å². The molecule has 0 spiro atoms. The summed E-state index contributed by atoms with van der Waals surface area (Å²) in [6, 6.07) is 9.93. The third-order valence-corrected chi connectivity index (χ3v) is 1.69. The van der Waals surface area contributed by atoms with Gasteiger partial charge in [-0.25, -0.2) is 5.43 Å². The Morgan fingerprint density at radius 3 is 2.58 bits per heavy atom. The number of benzene rings is 1. The van der Waals surface area contributed by atoms with E-state index in [9.17, 15) is 0 Å². The smallest absolute Gasteiger partial charge is 0.0855 e. The van der Waals surface area contributed by atoms with Gasteiger partial charge in [-0.2, -0.15) is 0 Å². The fraction of sp³-hybridized carbons (Fsp3) is 0.200. The second-order valence-corrected chi connectivity index (χ2v) is 2.58. The third-order valence-electron chi connectivity index (χ3n) is 1.69. The zero-order valence-corrected chi connectivity index (χ0v) is 6.83. The minimum absolute atomic E-state index is 0.0765. The largest absolute Gasteiger partial charge is 0.270 e. The molecule has 0 fully saturated rings. The van der Waals surface area contributed by atoms with Crippen molar-refractivity contribution in [2.75, 3.05) is 0 Å². The van der Waals surface area contributed by atoms with Crippen LogP contribution in [0.1, 0.15) is 5.56 Å². The Balaban J connectivity index is 2.58. The lowest BCUT2D eigenvalue weighted by atomic mass is 10.1. The average molecular weight is 160 g/mol. The minimum atomic E-state index is -0.0765. The van der Waals surface area contributed by atoms with Gasteiger partial charge in [0.25, 0.3) is 0 Å². The highest BCUT2D eigenvalue weighted by Gasteiger charge is 2.01. The van der Waals surface area contributed by atoms with E-state index in [1.807, 2.05) is 30.3 Å². The summed E-state index contributed by atoms with van der Waals surface area (Å²) in [5, 5.41) is 0. The van der Waals surface area contributed by atoms with Gasteiger partial charge in [0.1, 0.15) is 0 Å². The number of hydrazine groups is 1. The van der Waals surface area contributed by atoms with Crippen molar-refractivity contribution in [3.8, 4) is 12.3 Å². The normalized spacial score (nSPS) is 12.0. The quantitative estimate of drug-likeness (QED) is 0.388. The summed E-state index contributed by atoms with van der Waals surface area (Å²) in [5.74, 6) is 7.80. The monoisotopic (exact) mass is 160 g/mol. The predicted molar refractivity (Wildman–Crippen MR) is 50.1 cm³/mol. The van der Waals surface area contributed by atoms with Crippen LogP contribution < -0.4 is 11.3 Å². The summed E-state index contributed by atoms with van der Waals surface area (Å²) in [5.41, 5.74) is 3.76. The van der Waals surface area contributed by atoms with Gasteiger partial charge in [-0.1, -0.05) is 36.3 Å².